The molecule has 0 saturated heterocycles. The minimum Gasteiger partial charge on any atom is -0.462 e. The molecule has 0 amide bonds. The molecule has 0 spiro atoms. The van der Waals surface area contributed by atoms with Crippen LogP contribution in [0.5, 0.6) is 0 Å². The van der Waals surface area contributed by atoms with E-state index >= 15 is 0 Å². The van der Waals surface area contributed by atoms with Gasteiger partial charge in [0.05, 0.1) is 0 Å². The summed E-state index contributed by atoms with van der Waals surface area (Å²) in [6.07, 6.45) is 92.0. The fourth-order valence-electron chi connectivity index (χ4n) is 9.02. The molecule has 450 valence electrons. The molecule has 0 heterocycles. The van der Waals surface area contributed by atoms with Gasteiger partial charge in [0, 0.05) is 19.3 Å². The lowest BCUT2D eigenvalue weighted by Crippen LogP contribution is -2.30. The molecular formula is C73H122O6. The van der Waals surface area contributed by atoms with Crippen LogP contribution in [0.2, 0.25) is 0 Å². The summed E-state index contributed by atoms with van der Waals surface area (Å²) in [6, 6.07) is 0. The fourth-order valence-corrected chi connectivity index (χ4v) is 9.02. The molecule has 0 aromatic rings. The van der Waals surface area contributed by atoms with Gasteiger partial charge in [-0.3, -0.25) is 14.4 Å². The Morgan fingerprint density at radius 1 is 0.266 bits per heavy atom. The van der Waals surface area contributed by atoms with Gasteiger partial charge in [-0.25, -0.2) is 0 Å². The molecular weight excluding hydrogens is 973 g/mol. The van der Waals surface area contributed by atoms with Crippen LogP contribution in [0.15, 0.2) is 122 Å². The molecule has 79 heavy (non-hydrogen) atoms. The van der Waals surface area contributed by atoms with Crippen molar-refractivity contribution in [3.63, 3.8) is 0 Å². The van der Waals surface area contributed by atoms with Crippen LogP contribution in [0.4, 0.5) is 0 Å². The molecule has 0 aliphatic carbocycles. The minimum atomic E-state index is -0.801. The van der Waals surface area contributed by atoms with Crippen molar-refractivity contribution >= 4 is 17.9 Å². The predicted octanol–water partition coefficient (Wildman–Crippen LogP) is 22.8. The van der Waals surface area contributed by atoms with Crippen molar-refractivity contribution in [2.24, 2.45) is 0 Å². The van der Waals surface area contributed by atoms with E-state index in [1.54, 1.807) is 0 Å². The molecule has 0 fully saturated rings. The first-order valence-electron chi connectivity index (χ1n) is 33.0. The largest absolute Gasteiger partial charge is 0.462 e. The summed E-state index contributed by atoms with van der Waals surface area (Å²) in [4.78, 5) is 38.3. The fraction of sp³-hybridized carbons (Fsp3) is 0.685. The summed E-state index contributed by atoms with van der Waals surface area (Å²) < 4.78 is 16.9. The van der Waals surface area contributed by atoms with Crippen LogP contribution in [0.3, 0.4) is 0 Å². The number of carbonyl (C=O) groups excluding carboxylic acids is 3. The number of ether oxygens (including phenoxy) is 3. The lowest BCUT2D eigenvalue weighted by Gasteiger charge is -2.18. The molecule has 0 aliphatic rings. The van der Waals surface area contributed by atoms with E-state index in [4.69, 9.17) is 14.2 Å². The van der Waals surface area contributed by atoms with Crippen molar-refractivity contribution in [3.8, 4) is 0 Å². The van der Waals surface area contributed by atoms with Crippen LogP contribution >= 0.6 is 0 Å². The van der Waals surface area contributed by atoms with E-state index in [2.05, 4.69) is 142 Å². The Morgan fingerprint density at radius 2 is 0.494 bits per heavy atom. The van der Waals surface area contributed by atoms with E-state index in [1.165, 1.54) is 148 Å². The van der Waals surface area contributed by atoms with Crippen molar-refractivity contribution in [2.75, 3.05) is 13.2 Å². The number of carbonyl (C=O) groups is 3. The Bertz CT molecular complexity index is 1640. The maximum atomic E-state index is 12.9. The van der Waals surface area contributed by atoms with Gasteiger partial charge in [0.15, 0.2) is 6.10 Å². The van der Waals surface area contributed by atoms with E-state index in [9.17, 15) is 14.4 Å². The normalized spacial score (nSPS) is 12.9. The van der Waals surface area contributed by atoms with Gasteiger partial charge in [0.1, 0.15) is 13.2 Å². The molecule has 6 heteroatoms. The number of rotatable bonds is 59. The quantitative estimate of drug-likeness (QED) is 0.0261. The molecule has 0 rings (SSSR count). The Labute approximate surface area is 488 Å². The average molecular weight is 1100 g/mol. The van der Waals surface area contributed by atoms with Gasteiger partial charge in [0.25, 0.3) is 0 Å². The summed E-state index contributed by atoms with van der Waals surface area (Å²) in [5, 5.41) is 0. The summed E-state index contributed by atoms with van der Waals surface area (Å²) in [7, 11) is 0. The van der Waals surface area contributed by atoms with E-state index in [0.29, 0.717) is 19.3 Å². The third-order valence-electron chi connectivity index (χ3n) is 14.0. The minimum absolute atomic E-state index is 0.0934. The molecule has 1 atom stereocenters. The molecule has 0 N–H and O–H groups in total. The Kier molecular flexibility index (Phi) is 62.8. The highest BCUT2D eigenvalue weighted by atomic mass is 16.6. The molecule has 0 aromatic heterocycles. The van der Waals surface area contributed by atoms with Gasteiger partial charge in [0.2, 0.25) is 0 Å². The second kappa shape index (κ2) is 66.3. The van der Waals surface area contributed by atoms with Crippen LogP contribution in [-0.2, 0) is 28.6 Å². The van der Waals surface area contributed by atoms with Gasteiger partial charge < -0.3 is 14.2 Å². The summed E-state index contributed by atoms with van der Waals surface area (Å²) in [6.45, 7) is 6.50. The van der Waals surface area contributed by atoms with Crippen molar-refractivity contribution in [3.05, 3.63) is 122 Å². The number of esters is 3. The van der Waals surface area contributed by atoms with Crippen LogP contribution < -0.4 is 0 Å². The summed E-state index contributed by atoms with van der Waals surface area (Å²) in [5.41, 5.74) is 0. The van der Waals surface area contributed by atoms with Gasteiger partial charge >= 0.3 is 17.9 Å². The van der Waals surface area contributed by atoms with E-state index < -0.39 is 6.10 Å². The van der Waals surface area contributed by atoms with E-state index in [-0.39, 0.29) is 31.1 Å². The molecule has 6 nitrogen and oxygen atoms in total. The highest BCUT2D eigenvalue weighted by molar-refractivity contribution is 5.71. The topological polar surface area (TPSA) is 78.9 Å². The monoisotopic (exact) mass is 1090 g/mol. The SMILES string of the molecule is CC/C=C\C/C=C\C/C=C\C/C=C\C/C=C\C/C=C\C/C=C\C/C=C\CCCCC(=O)OCC(COC(=O)CCCCCCCCCCCCCCC)OC(=O)CCCCCCCCCCC/C=C\C/C=C\CCCCCCC. The maximum absolute atomic E-state index is 12.9. The lowest BCUT2D eigenvalue weighted by molar-refractivity contribution is -0.167. The molecule has 0 aliphatic heterocycles. The van der Waals surface area contributed by atoms with Crippen LogP contribution in [0.25, 0.3) is 0 Å². The third-order valence-corrected chi connectivity index (χ3v) is 14.0. The molecule has 0 aromatic carbocycles. The number of unbranched alkanes of at least 4 members (excludes halogenated alkanes) is 28. The van der Waals surface area contributed by atoms with Crippen molar-refractivity contribution < 1.29 is 28.6 Å². The second-order valence-corrected chi connectivity index (χ2v) is 21.6. The highest BCUT2D eigenvalue weighted by Crippen LogP contribution is 2.16. The van der Waals surface area contributed by atoms with Gasteiger partial charge in [-0.1, -0.05) is 290 Å². The maximum Gasteiger partial charge on any atom is 0.306 e. The summed E-state index contributed by atoms with van der Waals surface area (Å²) >= 11 is 0. The summed E-state index contributed by atoms with van der Waals surface area (Å²) in [5.74, 6) is -0.936. The molecule has 1 unspecified atom stereocenters. The predicted molar refractivity (Wildman–Crippen MR) is 343 cm³/mol. The molecule has 0 bridgehead atoms. The highest BCUT2D eigenvalue weighted by Gasteiger charge is 2.19. The van der Waals surface area contributed by atoms with E-state index in [0.717, 1.165) is 116 Å². The van der Waals surface area contributed by atoms with Crippen molar-refractivity contribution in [1.82, 2.24) is 0 Å². The Balaban J connectivity index is 4.43. The van der Waals surface area contributed by atoms with Gasteiger partial charge in [-0.15, -0.1) is 0 Å². The standard InChI is InChI=1S/C73H122O6/c1-4-7-10-13-16-19-22-25-27-29-31-33-34-35-36-37-38-40-41-43-45-48-51-54-57-60-63-66-72(75)78-69-70(68-77-71(74)65-62-59-56-53-50-47-24-21-18-15-12-9-6-3)79-73(76)67-64-61-58-55-52-49-46-44-42-39-32-30-28-26-23-20-17-14-11-8-5-2/h7,10,16,19,23,25-27,30-33,35-36,38,40,43,45,51,54,70H,4-6,8-9,11-15,17-18,20-22,24,28-29,34,37,39,41-42,44,46-50,52-53,55-69H2,1-3H3/b10-7-,19-16-,26-23-,27-25-,32-30-,33-31-,36-35-,40-38-,45-43-,54-51-. The second-order valence-electron chi connectivity index (χ2n) is 21.6. The van der Waals surface area contributed by atoms with Crippen molar-refractivity contribution in [1.29, 1.82) is 0 Å². The molecule has 0 radical (unpaired) electrons. The zero-order valence-electron chi connectivity index (χ0n) is 51.6. The first-order chi connectivity index (χ1) is 39.0. The smallest absolute Gasteiger partial charge is 0.306 e. The zero-order valence-corrected chi connectivity index (χ0v) is 51.6. The Morgan fingerprint density at radius 3 is 0.797 bits per heavy atom. The first-order valence-corrected chi connectivity index (χ1v) is 33.0. The van der Waals surface area contributed by atoms with Crippen LogP contribution in [-0.4, -0.2) is 37.2 Å². The van der Waals surface area contributed by atoms with E-state index in [1.807, 2.05) is 0 Å². The number of allylic oxidation sites excluding steroid dienone is 20. The van der Waals surface area contributed by atoms with Gasteiger partial charge in [-0.2, -0.15) is 0 Å². The zero-order chi connectivity index (χ0) is 57.1. The van der Waals surface area contributed by atoms with Crippen molar-refractivity contribution in [2.45, 2.75) is 309 Å². The third kappa shape index (κ3) is 64.5. The van der Waals surface area contributed by atoms with Crippen LogP contribution in [0.1, 0.15) is 303 Å². The number of hydrogen-bond acceptors (Lipinski definition) is 6. The number of hydrogen-bond donors (Lipinski definition) is 0. The molecule has 0 saturated carbocycles. The van der Waals surface area contributed by atoms with Gasteiger partial charge in [-0.05, 0) is 116 Å². The Hall–Kier alpha value is -4.19. The van der Waals surface area contributed by atoms with Crippen LogP contribution in [0, 0.1) is 0 Å². The lowest BCUT2D eigenvalue weighted by atomic mass is 10.0. The average Bonchev–Trinajstić information content (AvgIpc) is 3.45. The first kappa shape index (κ1) is 74.8.